The summed E-state index contributed by atoms with van der Waals surface area (Å²) in [6.07, 6.45) is 0.750. The molecule has 0 aromatic rings. The SMILES string of the molecule is COC(=O)CNC1CCC(=O)N(C)C1=O. The Morgan fingerprint density at radius 3 is 2.87 bits per heavy atom. The Morgan fingerprint density at radius 1 is 1.60 bits per heavy atom. The zero-order chi connectivity index (χ0) is 11.4. The minimum Gasteiger partial charge on any atom is -0.468 e. The molecule has 1 unspecified atom stereocenters. The number of piperidine rings is 1. The summed E-state index contributed by atoms with van der Waals surface area (Å²) in [4.78, 5) is 34.6. The van der Waals surface area contributed by atoms with Gasteiger partial charge >= 0.3 is 5.97 Å². The van der Waals surface area contributed by atoms with E-state index in [1.807, 2.05) is 0 Å². The zero-order valence-corrected chi connectivity index (χ0v) is 8.78. The summed E-state index contributed by atoms with van der Waals surface area (Å²) in [7, 11) is 2.72. The molecule has 1 atom stereocenters. The minimum atomic E-state index is -0.466. The first-order valence-corrected chi connectivity index (χ1v) is 4.67. The highest BCUT2D eigenvalue weighted by Crippen LogP contribution is 2.10. The van der Waals surface area contributed by atoms with Gasteiger partial charge in [-0.05, 0) is 6.42 Å². The predicted molar refractivity (Wildman–Crippen MR) is 50.8 cm³/mol. The van der Waals surface area contributed by atoms with Gasteiger partial charge < -0.3 is 4.74 Å². The Hall–Kier alpha value is -1.43. The molecule has 1 N–H and O–H groups in total. The number of esters is 1. The van der Waals surface area contributed by atoms with E-state index < -0.39 is 12.0 Å². The highest BCUT2D eigenvalue weighted by Gasteiger charge is 2.31. The number of likely N-dealkylation sites (tertiary alicyclic amines) is 1. The van der Waals surface area contributed by atoms with E-state index in [1.54, 1.807) is 0 Å². The van der Waals surface area contributed by atoms with Gasteiger partial charge in [0, 0.05) is 13.5 Å². The van der Waals surface area contributed by atoms with Crippen LogP contribution in [0.2, 0.25) is 0 Å². The maximum absolute atomic E-state index is 11.5. The Bertz CT molecular complexity index is 290. The molecule has 1 rings (SSSR count). The zero-order valence-electron chi connectivity index (χ0n) is 8.78. The summed E-state index contributed by atoms with van der Waals surface area (Å²) in [5.41, 5.74) is 0. The summed E-state index contributed by atoms with van der Waals surface area (Å²) < 4.78 is 4.43. The van der Waals surface area contributed by atoms with Crippen LogP contribution in [0.25, 0.3) is 0 Å². The number of hydrogen-bond donors (Lipinski definition) is 1. The molecule has 6 nitrogen and oxygen atoms in total. The van der Waals surface area contributed by atoms with Gasteiger partial charge in [-0.25, -0.2) is 0 Å². The van der Waals surface area contributed by atoms with Gasteiger partial charge in [-0.15, -0.1) is 0 Å². The molecule has 15 heavy (non-hydrogen) atoms. The highest BCUT2D eigenvalue weighted by molar-refractivity contribution is 6.00. The number of hydrogen-bond acceptors (Lipinski definition) is 5. The number of carbonyl (C=O) groups excluding carboxylic acids is 3. The summed E-state index contributed by atoms with van der Waals surface area (Å²) in [6, 6.07) is -0.466. The fraction of sp³-hybridized carbons (Fsp3) is 0.667. The molecule has 6 heteroatoms. The summed E-state index contributed by atoms with van der Waals surface area (Å²) in [6.45, 7) is -0.0189. The van der Waals surface area contributed by atoms with Crippen LogP contribution in [0.3, 0.4) is 0 Å². The number of methoxy groups -OCH3 is 1. The van der Waals surface area contributed by atoms with Crippen molar-refractivity contribution in [2.24, 2.45) is 0 Å². The van der Waals surface area contributed by atoms with Crippen LogP contribution in [0.1, 0.15) is 12.8 Å². The van der Waals surface area contributed by atoms with Crippen molar-refractivity contribution in [1.82, 2.24) is 10.2 Å². The van der Waals surface area contributed by atoms with E-state index in [0.717, 1.165) is 4.90 Å². The molecule has 0 radical (unpaired) electrons. The average molecular weight is 214 g/mol. The molecule has 0 saturated carbocycles. The molecule has 1 aliphatic heterocycles. The molecule has 84 valence electrons. The van der Waals surface area contributed by atoms with Crippen LogP contribution in [0, 0.1) is 0 Å². The molecule has 1 aliphatic rings. The first kappa shape index (κ1) is 11.6. The van der Waals surface area contributed by atoms with Crippen molar-refractivity contribution in [2.45, 2.75) is 18.9 Å². The van der Waals surface area contributed by atoms with Crippen LogP contribution >= 0.6 is 0 Å². The van der Waals surface area contributed by atoms with Crippen LogP contribution in [0.4, 0.5) is 0 Å². The molecular formula is C9H14N2O4. The third kappa shape index (κ3) is 2.76. The van der Waals surface area contributed by atoms with Gasteiger partial charge in [-0.1, -0.05) is 0 Å². The number of rotatable bonds is 3. The van der Waals surface area contributed by atoms with Crippen LogP contribution in [0.5, 0.6) is 0 Å². The maximum Gasteiger partial charge on any atom is 0.319 e. The fourth-order valence-corrected chi connectivity index (χ4v) is 1.38. The number of nitrogens with one attached hydrogen (secondary N) is 1. The monoisotopic (exact) mass is 214 g/mol. The Morgan fingerprint density at radius 2 is 2.27 bits per heavy atom. The fourth-order valence-electron chi connectivity index (χ4n) is 1.38. The molecular weight excluding hydrogens is 200 g/mol. The van der Waals surface area contributed by atoms with E-state index in [1.165, 1.54) is 14.2 Å². The van der Waals surface area contributed by atoms with E-state index in [4.69, 9.17) is 0 Å². The van der Waals surface area contributed by atoms with Gasteiger partial charge in [-0.2, -0.15) is 0 Å². The maximum atomic E-state index is 11.5. The Labute approximate surface area is 87.6 Å². The van der Waals surface area contributed by atoms with Gasteiger partial charge in [0.05, 0.1) is 19.7 Å². The summed E-state index contributed by atoms with van der Waals surface area (Å²) in [5.74, 6) is -0.909. The lowest BCUT2D eigenvalue weighted by atomic mass is 10.0. The summed E-state index contributed by atoms with van der Waals surface area (Å²) >= 11 is 0. The molecule has 0 aliphatic carbocycles. The molecule has 0 aromatic heterocycles. The normalized spacial score (nSPS) is 21.7. The highest BCUT2D eigenvalue weighted by atomic mass is 16.5. The van der Waals surface area contributed by atoms with Crippen molar-refractivity contribution in [3.8, 4) is 0 Å². The van der Waals surface area contributed by atoms with Crippen molar-refractivity contribution in [3.63, 3.8) is 0 Å². The van der Waals surface area contributed by atoms with Crippen LogP contribution in [0.15, 0.2) is 0 Å². The van der Waals surface area contributed by atoms with Crippen molar-refractivity contribution >= 4 is 17.8 Å². The minimum absolute atomic E-state index is 0.0189. The largest absolute Gasteiger partial charge is 0.468 e. The van der Waals surface area contributed by atoms with E-state index in [0.29, 0.717) is 12.8 Å². The number of likely N-dealkylation sites (N-methyl/N-ethyl adjacent to an activating group) is 1. The van der Waals surface area contributed by atoms with E-state index in [-0.39, 0.29) is 18.4 Å². The standard InChI is InChI=1S/C9H14N2O4/c1-11-7(12)4-3-6(9(11)14)10-5-8(13)15-2/h6,10H,3-5H2,1-2H3. The van der Waals surface area contributed by atoms with E-state index in [9.17, 15) is 14.4 Å². The van der Waals surface area contributed by atoms with Crippen molar-refractivity contribution in [2.75, 3.05) is 20.7 Å². The number of carbonyl (C=O) groups is 3. The molecule has 2 amide bonds. The van der Waals surface area contributed by atoms with Gasteiger partial charge in [0.25, 0.3) is 0 Å². The molecule has 1 fully saturated rings. The molecule has 1 heterocycles. The van der Waals surface area contributed by atoms with Gasteiger partial charge in [0.2, 0.25) is 11.8 Å². The third-order valence-corrected chi connectivity index (χ3v) is 2.37. The lowest BCUT2D eigenvalue weighted by Crippen LogP contribution is -2.52. The summed E-state index contributed by atoms with van der Waals surface area (Å²) in [5, 5.41) is 2.76. The molecule has 1 saturated heterocycles. The molecule has 0 aromatic carbocycles. The topological polar surface area (TPSA) is 75.7 Å². The van der Waals surface area contributed by atoms with Crippen LogP contribution in [-0.4, -0.2) is 49.4 Å². The number of ether oxygens (including phenoxy) is 1. The van der Waals surface area contributed by atoms with Crippen molar-refractivity contribution in [1.29, 1.82) is 0 Å². The number of amides is 2. The predicted octanol–water partition coefficient (Wildman–Crippen LogP) is -1.10. The first-order valence-electron chi connectivity index (χ1n) is 4.67. The lowest BCUT2D eigenvalue weighted by Gasteiger charge is -2.27. The second-order valence-corrected chi connectivity index (χ2v) is 3.34. The second-order valence-electron chi connectivity index (χ2n) is 3.34. The van der Waals surface area contributed by atoms with Gasteiger partial charge in [-0.3, -0.25) is 24.6 Å². The molecule has 0 spiro atoms. The van der Waals surface area contributed by atoms with Gasteiger partial charge in [0.1, 0.15) is 0 Å². The van der Waals surface area contributed by atoms with Crippen molar-refractivity contribution < 1.29 is 19.1 Å². The lowest BCUT2D eigenvalue weighted by molar-refractivity contribution is -0.148. The second kappa shape index (κ2) is 4.88. The van der Waals surface area contributed by atoms with Crippen LogP contribution in [-0.2, 0) is 19.1 Å². The number of imide groups is 1. The van der Waals surface area contributed by atoms with Gasteiger partial charge in [0.15, 0.2) is 0 Å². The number of nitrogens with zero attached hydrogens (tertiary/aromatic N) is 1. The van der Waals surface area contributed by atoms with Crippen molar-refractivity contribution in [3.05, 3.63) is 0 Å². The third-order valence-electron chi connectivity index (χ3n) is 2.37. The Balaban J connectivity index is 2.46. The molecule has 0 bridgehead atoms. The van der Waals surface area contributed by atoms with E-state index >= 15 is 0 Å². The smallest absolute Gasteiger partial charge is 0.319 e. The first-order chi connectivity index (χ1) is 7.06. The average Bonchev–Trinajstić information content (AvgIpc) is 2.24. The Kier molecular flexibility index (Phi) is 3.79. The quantitative estimate of drug-likeness (QED) is 0.476. The van der Waals surface area contributed by atoms with E-state index in [2.05, 4.69) is 10.1 Å². The van der Waals surface area contributed by atoms with Crippen LogP contribution < -0.4 is 5.32 Å².